The van der Waals surface area contributed by atoms with Crippen molar-refractivity contribution in [3.63, 3.8) is 0 Å². The molecule has 0 saturated heterocycles. The van der Waals surface area contributed by atoms with Gasteiger partial charge in [-0.15, -0.1) is 0 Å². The van der Waals surface area contributed by atoms with Gasteiger partial charge in [-0.05, 0) is 46.1 Å². The van der Waals surface area contributed by atoms with E-state index in [1.54, 1.807) is 13.8 Å². The molecule has 94 valence electrons. The molecule has 1 rings (SSSR count). The van der Waals surface area contributed by atoms with Gasteiger partial charge in [-0.1, -0.05) is 19.8 Å². The zero-order valence-corrected chi connectivity index (χ0v) is 11.0. The summed E-state index contributed by atoms with van der Waals surface area (Å²) in [5.41, 5.74) is -0.752. The second-order valence-corrected chi connectivity index (χ2v) is 5.74. The highest BCUT2D eigenvalue weighted by atomic mass is 16.4. The first-order valence-electron chi connectivity index (χ1n) is 6.32. The van der Waals surface area contributed by atoms with Crippen molar-refractivity contribution >= 4 is 5.97 Å². The first-order chi connectivity index (χ1) is 7.35. The topological polar surface area (TPSA) is 40.5 Å². The van der Waals surface area contributed by atoms with Gasteiger partial charge in [0.1, 0.15) is 5.54 Å². The largest absolute Gasteiger partial charge is 0.480 e. The maximum Gasteiger partial charge on any atom is 0.323 e. The Bertz CT molecular complexity index is 250. The van der Waals surface area contributed by atoms with E-state index in [1.807, 2.05) is 11.9 Å². The number of nitrogens with zero attached hydrogens (tertiary/aromatic N) is 1. The fourth-order valence-corrected chi connectivity index (χ4v) is 2.46. The van der Waals surface area contributed by atoms with Crippen LogP contribution in [0.25, 0.3) is 0 Å². The molecular formula is C13H25NO2. The van der Waals surface area contributed by atoms with Gasteiger partial charge in [0.2, 0.25) is 0 Å². The minimum absolute atomic E-state index is 0.427. The molecule has 2 atom stereocenters. The van der Waals surface area contributed by atoms with Crippen molar-refractivity contribution in [1.82, 2.24) is 4.90 Å². The average Bonchev–Trinajstić information content (AvgIpc) is 2.41. The van der Waals surface area contributed by atoms with E-state index in [-0.39, 0.29) is 0 Å². The van der Waals surface area contributed by atoms with E-state index in [9.17, 15) is 9.90 Å². The van der Waals surface area contributed by atoms with Crippen molar-refractivity contribution in [3.8, 4) is 0 Å². The van der Waals surface area contributed by atoms with Crippen LogP contribution in [0.15, 0.2) is 0 Å². The van der Waals surface area contributed by atoms with Gasteiger partial charge in [-0.2, -0.15) is 0 Å². The Balaban J connectivity index is 2.66. The van der Waals surface area contributed by atoms with Gasteiger partial charge in [0.25, 0.3) is 0 Å². The summed E-state index contributed by atoms with van der Waals surface area (Å²) in [6.07, 6.45) is 6.01. The maximum absolute atomic E-state index is 11.2. The van der Waals surface area contributed by atoms with Crippen LogP contribution in [0.3, 0.4) is 0 Å². The Morgan fingerprint density at radius 1 is 1.25 bits per heavy atom. The van der Waals surface area contributed by atoms with E-state index < -0.39 is 11.5 Å². The van der Waals surface area contributed by atoms with Crippen LogP contribution in [-0.4, -0.2) is 34.6 Å². The van der Waals surface area contributed by atoms with Crippen molar-refractivity contribution in [3.05, 3.63) is 0 Å². The Morgan fingerprint density at radius 2 is 1.88 bits per heavy atom. The summed E-state index contributed by atoms with van der Waals surface area (Å²) >= 11 is 0. The molecule has 16 heavy (non-hydrogen) atoms. The molecule has 3 heteroatoms. The van der Waals surface area contributed by atoms with Crippen molar-refractivity contribution in [1.29, 1.82) is 0 Å². The predicted molar refractivity (Wildman–Crippen MR) is 65.5 cm³/mol. The molecular weight excluding hydrogens is 202 g/mol. The molecule has 0 aromatic carbocycles. The Kier molecular flexibility index (Phi) is 4.36. The van der Waals surface area contributed by atoms with Crippen LogP contribution in [0.1, 0.15) is 52.9 Å². The van der Waals surface area contributed by atoms with E-state index in [4.69, 9.17) is 0 Å². The molecule has 1 fully saturated rings. The Morgan fingerprint density at radius 3 is 2.44 bits per heavy atom. The number of hydrogen-bond donors (Lipinski definition) is 1. The van der Waals surface area contributed by atoms with Crippen molar-refractivity contribution in [2.24, 2.45) is 5.92 Å². The first kappa shape index (κ1) is 13.5. The monoisotopic (exact) mass is 227 g/mol. The highest BCUT2D eigenvalue weighted by Gasteiger charge is 2.36. The quantitative estimate of drug-likeness (QED) is 0.754. The molecule has 3 nitrogen and oxygen atoms in total. The van der Waals surface area contributed by atoms with Crippen molar-refractivity contribution < 1.29 is 9.90 Å². The molecule has 0 aromatic rings. The van der Waals surface area contributed by atoms with Crippen LogP contribution >= 0.6 is 0 Å². The molecule has 0 spiro atoms. The van der Waals surface area contributed by atoms with Gasteiger partial charge in [-0.3, -0.25) is 9.69 Å². The maximum atomic E-state index is 11.2. The Hall–Kier alpha value is -0.570. The molecule has 2 unspecified atom stereocenters. The normalized spacial score (nSPS) is 27.8. The molecule has 1 aliphatic carbocycles. The molecule has 0 radical (unpaired) electrons. The molecule has 0 aromatic heterocycles. The van der Waals surface area contributed by atoms with E-state index >= 15 is 0 Å². The van der Waals surface area contributed by atoms with E-state index in [0.717, 1.165) is 18.8 Å². The smallest absolute Gasteiger partial charge is 0.323 e. The molecule has 1 saturated carbocycles. The summed E-state index contributed by atoms with van der Waals surface area (Å²) in [4.78, 5) is 13.3. The van der Waals surface area contributed by atoms with E-state index in [0.29, 0.717) is 6.04 Å². The van der Waals surface area contributed by atoms with Gasteiger partial charge in [-0.25, -0.2) is 0 Å². The van der Waals surface area contributed by atoms with Crippen LogP contribution in [-0.2, 0) is 4.79 Å². The second-order valence-electron chi connectivity index (χ2n) is 5.74. The molecule has 0 amide bonds. The van der Waals surface area contributed by atoms with Gasteiger partial charge in [0.15, 0.2) is 0 Å². The number of carboxylic acids is 1. The fourth-order valence-electron chi connectivity index (χ4n) is 2.46. The number of carboxylic acid groups (broad SMARTS) is 1. The van der Waals surface area contributed by atoms with Gasteiger partial charge < -0.3 is 5.11 Å². The van der Waals surface area contributed by atoms with Crippen molar-refractivity contribution in [2.45, 2.75) is 64.5 Å². The highest BCUT2D eigenvalue weighted by Crippen LogP contribution is 2.28. The lowest BCUT2D eigenvalue weighted by molar-refractivity contribution is -0.150. The van der Waals surface area contributed by atoms with Crippen LogP contribution in [0.5, 0.6) is 0 Å². The number of rotatable bonds is 3. The molecule has 1 aliphatic rings. The average molecular weight is 227 g/mol. The zero-order valence-electron chi connectivity index (χ0n) is 11.0. The standard InChI is InChI=1S/C13H25NO2/c1-10-6-5-7-11(9-8-10)14(4)13(2,3)12(15)16/h10-11H,5-9H2,1-4H3,(H,15,16). The zero-order chi connectivity index (χ0) is 12.3. The lowest BCUT2D eigenvalue weighted by Gasteiger charge is -2.37. The lowest BCUT2D eigenvalue weighted by Crippen LogP contribution is -2.52. The van der Waals surface area contributed by atoms with Gasteiger partial charge in [0.05, 0.1) is 0 Å². The molecule has 0 heterocycles. The van der Waals surface area contributed by atoms with E-state index in [2.05, 4.69) is 6.92 Å². The van der Waals surface area contributed by atoms with Crippen LogP contribution < -0.4 is 0 Å². The van der Waals surface area contributed by atoms with Gasteiger partial charge in [0, 0.05) is 6.04 Å². The number of hydrogen-bond acceptors (Lipinski definition) is 2. The number of carbonyl (C=O) groups is 1. The van der Waals surface area contributed by atoms with Gasteiger partial charge >= 0.3 is 5.97 Å². The minimum atomic E-state index is -0.752. The summed E-state index contributed by atoms with van der Waals surface area (Å²) in [7, 11) is 1.95. The van der Waals surface area contributed by atoms with Crippen LogP contribution in [0, 0.1) is 5.92 Å². The number of aliphatic carboxylic acids is 1. The molecule has 0 bridgehead atoms. The third-order valence-electron chi connectivity index (χ3n) is 4.18. The van der Waals surface area contributed by atoms with Crippen molar-refractivity contribution in [2.75, 3.05) is 7.05 Å². The predicted octanol–water partition coefficient (Wildman–Crippen LogP) is 2.75. The first-order valence-corrected chi connectivity index (χ1v) is 6.32. The minimum Gasteiger partial charge on any atom is -0.480 e. The summed E-state index contributed by atoms with van der Waals surface area (Å²) in [5, 5.41) is 9.22. The van der Waals surface area contributed by atoms with Crippen LogP contribution in [0.2, 0.25) is 0 Å². The SMILES string of the molecule is CC1CCCC(N(C)C(C)(C)C(=O)O)CC1. The second kappa shape index (κ2) is 5.17. The van der Waals surface area contributed by atoms with E-state index in [1.165, 1.54) is 19.3 Å². The highest BCUT2D eigenvalue weighted by molar-refractivity contribution is 5.77. The third kappa shape index (κ3) is 2.97. The van der Waals surface area contributed by atoms with Crippen LogP contribution in [0.4, 0.5) is 0 Å². The summed E-state index contributed by atoms with van der Waals surface area (Å²) in [6.45, 7) is 5.89. The summed E-state index contributed by atoms with van der Waals surface area (Å²) in [6, 6.07) is 0.427. The fraction of sp³-hybridized carbons (Fsp3) is 0.923. The summed E-state index contributed by atoms with van der Waals surface area (Å²) in [5.74, 6) is 0.0682. The third-order valence-corrected chi connectivity index (χ3v) is 4.18. The molecule has 0 aliphatic heterocycles. The summed E-state index contributed by atoms with van der Waals surface area (Å²) < 4.78 is 0. The molecule has 1 N–H and O–H groups in total. The Labute approximate surface area is 98.8 Å². The lowest BCUT2D eigenvalue weighted by atomic mass is 9.97. The number of likely N-dealkylation sites (N-methyl/N-ethyl adjacent to an activating group) is 1.